The fourth-order valence-electron chi connectivity index (χ4n) is 1.40. The first-order valence-electron chi connectivity index (χ1n) is 5.28. The molecule has 1 aromatic heterocycles. The molecule has 1 unspecified atom stereocenters. The number of nitrogens with one attached hydrogen (secondary N) is 1. The van der Waals surface area contributed by atoms with Crippen LogP contribution in [-0.2, 0) is 6.54 Å². The van der Waals surface area contributed by atoms with Crippen molar-refractivity contribution in [3.63, 3.8) is 0 Å². The SMILES string of the molecule is CC(CCCC(F)(F)F)NCc1ccoc1. The van der Waals surface area contributed by atoms with E-state index in [4.69, 9.17) is 4.42 Å². The number of furan rings is 1. The highest BCUT2D eigenvalue weighted by atomic mass is 19.4. The maximum atomic E-state index is 11.9. The Bertz CT molecular complexity index is 282. The van der Waals surface area contributed by atoms with E-state index in [1.165, 1.54) is 0 Å². The molecule has 0 bridgehead atoms. The van der Waals surface area contributed by atoms with Gasteiger partial charge in [-0.05, 0) is 25.8 Å². The third kappa shape index (κ3) is 5.80. The van der Waals surface area contributed by atoms with Gasteiger partial charge in [0.1, 0.15) is 0 Å². The van der Waals surface area contributed by atoms with E-state index in [9.17, 15) is 13.2 Å². The van der Waals surface area contributed by atoms with Crippen LogP contribution in [0.4, 0.5) is 13.2 Å². The van der Waals surface area contributed by atoms with Gasteiger partial charge in [-0.3, -0.25) is 0 Å². The standard InChI is InChI=1S/C11H16F3NO/c1-9(3-2-5-11(12,13)14)15-7-10-4-6-16-8-10/h4,6,8-9,15H,2-3,5,7H2,1H3. The maximum absolute atomic E-state index is 11.9. The first kappa shape index (κ1) is 13.1. The molecule has 1 atom stereocenters. The molecule has 0 aromatic carbocycles. The molecule has 0 aliphatic heterocycles. The molecule has 1 N–H and O–H groups in total. The van der Waals surface area contributed by atoms with E-state index in [-0.39, 0.29) is 12.5 Å². The van der Waals surface area contributed by atoms with Gasteiger partial charge in [0.15, 0.2) is 0 Å². The lowest BCUT2D eigenvalue weighted by atomic mass is 10.1. The van der Waals surface area contributed by atoms with E-state index in [0.29, 0.717) is 13.0 Å². The summed E-state index contributed by atoms with van der Waals surface area (Å²) in [6, 6.07) is 1.91. The summed E-state index contributed by atoms with van der Waals surface area (Å²) < 4.78 is 40.5. The quantitative estimate of drug-likeness (QED) is 0.816. The summed E-state index contributed by atoms with van der Waals surface area (Å²) in [7, 11) is 0. The van der Waals surface area contributed by atoms with Gasteiger partial charge >= 0.3 is 6.18 Å². The van der Waals surface area contributed by atoms with Crippen LogP contribution in [0.2, 0.25) is 0 Å². The molecule has 0 radical (unpaired) electrons. The molecule has 5 heteroatoms. The van der Waals surface area contributed by atoms with Gasteiger partial charge in [0.2, 0.25) is 0 Å². The molecular weight excluding hydrogens is 219 g/mol. The van der Waals surface area contributed by atoms with Crippen LogP contribution in [0, 0.1) is 0 Å². The third-order valence-electron chi connectivity index (χ3n) is 2.33. The second-order valence-corrected chi connectivity index (χ2v) is 3.92. The molecule has 0 aliphatic rings. The predicted molar refractivity (Wildman–Crippen MR) is 54.9 cm³/mol. The highest BCUT2D eigenvalue weighted by Crippen LogP contribution is 2.22. The molecule has 0 saturated heterocycles. The van der Waals surface area contributed by atoms with Crippen LogP contribution < -0.4 is 5.32 Å². The van der Waals surface area contributed by atoms with E-state index in [1.807, 2.05) is 13.0 Å². The number of alkyl halides is 3. The second-order valence-electron chi connectivity index (χ2n) is 3.92. The molecule has 1 rings (SSSR count). The van der Waals surface area contributed by atoms with Gasteiger partial charge in [-0.25, -0.2) is 0 Å². The van der Waals surface area contributed by atoms with Crippen molar-refractivity contribution in [3.8, 4) is 0 Å². The van der Waals surface area contributed by atoms with E-state index < -0.39 is 12.6 Å². The van der Waals surface area contributed by atoms with Gasteiger partial charge in [0.25, 0.3) is 0 Å². The summed E-state index contributed by atoms with van der Waals surface area (Å²) in [6.07, 6.45) is -0.851. The molecule has 0 spiro atoms. The highest BCUT2D eigenvalue weighted by Gasteiger charge is 2.26. The van der Waals surface area contributed by atoms with Crippen LogP contribution >= 0.6 is 0 Å². The number of hydrogen-bond acceptors (Lipinski definition) is 2. The molecule has 16 heavy (non-hydrogen) atoms. The second kappa shape index (κ2) is 5.94. The summed E-state index contributed by atoms with van der Waals surface area (Å²) in [5, 5.41) is 3.14. The molecule has 0 fully saturated rings. The van der Waals surface area contributed by atoms with Crippen molar-refractivity contribution in [3.05, 3.63) is 24.2 Å². The van der Waals surface area contributed by atoms with Crippen molar-refractivity contribution in [1.29, 1.82) is 0 Å². The average Bonchev–Trinajstić information content (AvgIpc) is 2.65. The monoisotopic (exact) mass is 235 g/mol. The van der Waals surface area contributed by atoms with E-state index in [2.05, 4.69) is 5.32 Å². The Morgan fingerprint density at radius 1 is 1.44 bits per heavy atom. The molecule has 0 aliphatic carbocycles. The fraction of sp³-hybridized carbons (Fsp3) is 0.636. The van der Waals surface area contributed by atoms with Crippen molar-refractivity contribution in [2.45, 2.75) is 44.9 Å². The first-order valence-corrected chi connectivity index (χ1v) is 5.28. The number of rotatable bonds is 6. The van der Waals surface area contributed by atoms with Crippen LogP contribution in [0.25, 0.3) is 0 Å². The van der Waals surface area contributed by atoms with Gasteiger partial charge < -0.3 is 9.73 Å². The highest BCUT2D eigenvalue weighted by molar-refractivity contribution is 5.04. The first-order chi connectivity index (χ1) is 7.47. The zero-order chi connectivity index (χ0) is 12.0. The summed E-state index contributed by atoms with van der Waals surface area (Å²) in [6.45, 7) is 2.51. The molecule has 1 aromatic rings. The summed E-state index contributed by atoms with van der Waals surface area (Å²) in [4.78, 5) is 0. The van der Waals surface area contributed by atoms with Crippen LogP contribution in [0.5, 0.6) is 0 Å². The molecule has 0 amide bonds. The predicted octanol–water partition coefficient (Wildman–Crippen LogP) is 3.49. The molecule has 2 nitrogen and oxygen atoms in total. The van der Waals surface area contributed by atoms with E-state index in [1.54, 1.807) is 12.5 Å². The number of hydrogen-bond donors (Lipinski definition) is 1. The van der Waals surface area contributed by atoms with Gasteiger partial charge in [0, 0.05) is 24.6 Å². The molecular formula is C11H16F3NO. The Labute approximate surface area is 92.8 Å². The largest absolute Gasteiger partial charge is 0.472 e. The van der Waals surface area contributed by atoms with Crippen molar-refractivity contribution in [2.75, 3.05) is 0 Å². The fourth-order valence-corrected chi connectivity index (χ4v) is 1.40. The average molecular weight is 235 g/mol. The lowest BCUT2D eigenvalue weighted by molar-refractivity contribution is -0.135. The minimum atomic E-state index is -4.04. The van der Waals surface area contributed by atoms with E-state index in [0.717, 1.165) is 5.56 Å². The Hall–Kier alpha value is -0.970. The lowest BCUT2D eigenvalue weighted by Crippen LogP contribution is -2.25. The van der Waals surface area contributed by atoms with Gasteiger partial charge in [0.05, 0.1) is 12.5 Å². The normalized spacial score (nSPS) is 14.0. The Morgan fingerprint density at radius 2 is 2.19 bits per heavy atom. The zero-order valence-corrected chi connectivity index (χ0v) is 9.18. The van der Waals surface area contributed by atoms with Crippen molar-refractivity contribution in [2.24, 2.45) is 0 Å². The number of halogens is 3. The summed E-state index contributed by atoms with van der Waals surface area (Å²) in [5.74, 6) is 0. The molecule has 0 saturated carbocycles. The van der Waals surface area contributed by atoms with Crippen molar-refractivity contribution >= 4 is 0 Å². The smallest absolute Gasteiger partial charge is 0.389 e. The van der Waals surface area contributed by atoms with Crippen LogP contribution in [0.3, 0.4) is 0 Å². The minimum absolute atomic E-state index is 0.0808. The van der Waals surface area contributed by atoms with E-state index >= 15 is 0 Å². The Kier molecular flexibility index (Phi) is 4.86. The minimum Gasteiger partial charge on any atom is -0.472 e. The Morgan fingerprint density at radius 3 is 2.75 bits per heavy atom. The van der Waals surface area contributed by atoms with Gasteiger partial charge in [-0.2, -0.15) is 13.2 Å². The molecule has 92 valence electrons. The third-order valence-corrected chi connectivity index (χ3v) is 2.33. The van der Waals surface area contributed by atoms with Crippen molar-refractivity contribution in [1.82, 2.24) is 5.32 Å². The summed E-state index contributed by atoms with van der Waals surface area (Å²) in [5.41, 5.74) is 1.00. The van der Waals surface area contributed by atoms with Crippen LogP contribution in [0.15, 0.2) is 23.0 Å². The summed E-state index contributed by atoms with van der Waals surface area (Å²) >= 11 is 0. The Balaban J connectivity index is 2.09. The zero-order valence-electron chi connectivity index (χ0n) is 9.18. The topological polar surface area (TPSA) is 25.2 Å². The van der Waals surface area contributed by atoms with Gasteiger partial charge in [-0.1, -0.05) is 0 Å². The molecule has 1 heterocycles. The van der Waals surface area contributed by atoms with Gasteiger partial charge in [-0.15, -0.1) is 0 Å². The lowest BCUT2D eigenvalue weighted by Gasteiger charge is -2.13. The van der Waals surface area contributed by atoms with Crippen LogP contribution in [0.1, 0.15) is 31.7 Å². The van der Waals surface area contributed by atoms with Crippen LogP contribution in [-0.4, -0.2) is 12.2 Å². The maximum Gasteiger partial charge on any atom is 0.389 e. The van der Waals surface area contributed by atoms with Crippen molar-refractivity contribution < 1.29 is 17.6 Å².